The normalized spacial score (nSPS) is 32.4. The van der Waals surface area contributed by atoms with Crippen molar-refractivity contribution in [3.63, 3.8) is 0 Å². The number of aromatic amines is 1. The van der Waals surface area contributed by atoms with Crippen LogP contribution in [0.15, 0.2) is 15.8 Å². The van der Waals surface area contributed by atoms with E-state index in [1.54, 1.807) is 13.1 Å². The Balaban J connectivity index is 1.80. The number of nitrogens with one attached hydrogen (secondary N) is 1. The lowest BCUT2D eigenvalue weighted by atomic mass is 9.78. The minimum Gasteiger partial charge on any atom is -0.408 e. The highest BCUT2D eigenvalue weighted by Gasteiger charge is 2.74. The summed E-state index contributed by atoms with van der Waals surface area (Å²) < 4.78 is 22.2. The van der Waals surface area contributed by atoms with Gasteiger partial charge >= 0.3 is 5.69 Å². The van der Waals surface area contributed by atoms with Gasteiger partial charge in [0.1, 0.15) is 23.4 Å². The Morgan fingerprint density at radius 2 is 1.77 bits per heavy atom. The van der Waals surface area contributed by atoms with Crippen molar-refractivity contribution in [3.8, 4) is 0 Å². The van der Waals surface area contributed by atoms with E-state index in [1.807, 2.05) is 0 Å². The van der Waals surface area contributed by atoms with Gasteiger partial charge in [0, 0.05) is 11.8 Å². The molecule has 8 heteroatoms. The van der Waals surface area contributed by atoms with E-state index >= 15 is 0 Å². The molecule has 4 rings (SSSR count). The van der Waals surface area contributed by atoms with Crippen LogP contribution < -0.4 is 11.2 Å². The van der Waals surface area contributed by atoms with Gasteiger partial charge in [-0.2, -0.15) is 0 Å². The van der Waals surface area contributed by atoms with Gasteiger partial charge in [0.15, 0.2) is 14.5 Å². The van der Waals surface area contributed by atoms with Gasteiger partial charge in [0.2, 0.25) is 0 Å². The number of rotatable bonds is 7. The van der Waals surface area contributed by atoms with Crippen LogP contribution in [-0.4, -0.2) is 41.3 Å². The Hall–Kier alpha value is -1.22. The van der Waals surface area contributed by atoms with Gasteiger partial charge in [0.05, 0.1) is 0 Å². The van der Waals surface area contributed by atoms with Gasteiger partial charge in [0.25, 0.3) is 5.56 Å². The molecule has 168 valence electrons. The minimum atomic E-state index is -1.93. The first-order valence-corrected chi connectivity index (χ1v) is 14.2. The van der Waals surface area contributed by atoms with Crippen LogP contribution in [0, 0.1) is 6.92 Å². The molecule has 0 radical (unpaired) electrons. The van der Waals surface area contributed by atoms with E-state index in [1.165, 1.54) is 4.57 Å². The van der Waals surface area contributed by atoms with Crippen molar-refractivity contribution in [2.45, 2.75) is 114 Å². The standard InChI is InChI=1S/C22H36N2O5Si/c1-6-22-17(29-30(7-2,8-3)9-4)16(27-21(22)12-10-11-13-21)19(28-22)24-14-15(5)18(25)23-20(24)26/h14,16-17,19H,6-13H2,1-5H3,(H,23,25,26)/t16-,17?,19+,22+/m0/s1. The average Bonchev–Trinajstić information content (AvgIpc) is 3.40. The predicted molar refractivity (Wildman–Crippen MR) is 117 cm³/mol. The van der Waals surface area contributed by atoms with Crippen molar-refractivity contribution < 1.29 is 13.9 Å². The van der Waals surface area contributed by atoms with E-state index in [-0.39, 0.29) is 23.4 Å². The lowest BCUT2D eigenvalue weighted by molar-refractivity contribution is -0.260. The first-order chi connectivity index (χ1) is 14.3. The topological polar surface area (TPSA) is 82.6 Å². The third-order valence-corrected chi connectivity index (χ3v) is 12.8. The summed E-state index contributed by atoms with van der Waals surface area (Å²) in [5.74, 6) is 0. The van der Waals surface area contributed by atoms with Gasteiger partial charge < -0.3 is 13.9 Å². The molecule has 2 bridgehead atoms. The lowest BCUT2D eigenvalue weighted by Gasteiger charge is -2.46. The molecule has 4 atom stereocenters. The van der Waals surface area contributed by atoms with Crippen molar-refractivity contribution in [2.75, 3.05) is 0 Å². The molecule has 1 aliphatic carbocycles. The third-order valence-electron chi connectivity index (χ3n) is 8.17. The molecule has 7 nitrogen and oxygen atoms in total. The Morgan fingerprint density at radius 3 is 2.33 bits per heavy atom. The van der Waals surface area contributed by atoms with Gasteiger partial charge in [-0.1, -0.05) is 40.5 Å². The Bertz CT molecular complexity index is 893. The Morgan fingerprint density at radius 1 is 1.13 bits per heavy atom. The van der Waals surface area contributed by atoms with Gasteiger partial charge in [-0.15, -0.1) is 0 Å². The highest BCUT2D eigenvalue weighted by molar-refractivity contribution is 6.73. The van der Waals surface area contributed by atoms with Gasteiger partial charge in [-0.25, -0.2) is 4.79 Å². The molecule has 3 heterocycles. The Kier molecular flexibility index (Phi) is 5.66. The Labute approximate surface area is 179 Å². The van der Waals surface area contributed by atoms with E-state index in [2.05, 4.69) is 32.7 Å². The molecule has 1 spiro atoms. The molecule has 0 amide bonds. The van der Waals surface area contributed by atoms with E-state index in [4.69, 9.17) is 13.9 Å². The second kappa shape index (κ2) is 7.72. The van der Waals surface area contributed by atoms with Crippen molar-refractivity contribution >= 4 is 8.32 Å². The van der Waals surface area contributed by atoms with Crippen LogP contribution in [0.1, 0.15) is 71.6 Å². The van der Waals surface area contributed by atoms with E-state index in [0.717, 1.165) is 50.2 Å². The maximum atomic E-state index is 12.7. The maximum absolute atomic E-state index is 12.7. The van der Waals surface area contributed by atoms with Crippen LogP contribution in [0.4, 0.5) is 0 Å². The molecular weight excluding hydrogens is 400 g/mol. The quantitative estimate of drug-likeness (QED) is 0.660. The molecule has 1 aromatic rings. The second-order valence-corrected chi connectivity index (χ2v) is 14.0. The van der Waals surface area contributed by atoms with Crippen LogP contribution in [0.2, 0.25) is 18.1 Å². The summed E-state index contributed by atoms with van der Waals surface area (Å²) in [6, 6.07) is 3.16. The van der Waals surface area contributed by atoms with Crippen molar-refractivity contribution in [1.82, 2.24) is 9.55 Å². The molecule has 3 aliphatic rings. The molecule has 2 aliphatic heterocycles. The summed E-state index contributed by atoms with van der Waals surface area (Å²) in [7, 11) is -1.93. The first kappa shape index (κ1) is 22.0. The number of H-pyrrole nitrogens is 1. The fourth-order valence-corrected chi connectivity index (χ4v) is 8.99. The summed E-state index contributed by atoms with van der Waals surface area (Å²) in [5, 5.41) is 0. The number of ether oxygens (including phenoxy) is 2. The van der Waals surface area contributed by atoms with E-state index in [9.17, 15) is 9.59 Å². The number of hydrogen-bond acceptors (Lipinski definition) is 5. The number of nitrogens with zero attached hydrogens (tertiary/aromatic N) is 1. The number of aryl methyl sites for hydroxylation is 1. The van der Waals surface area contributed by atoms with E-state index < -0.39 is 25.8 Å². The summed E-state index contributed by atoms with van der Waals surface area (Å²) in [4.78, 5) is 27.0. The monoisotopic (exact) mass is 436 g/mol. The van der Waals surface area contributed by atoms with Crippen molar-refractivity contribution in [2.24, 2.45) is 0 Å². The summed E-state index contributed by atoms with van der Waals surface area (Å²) in [6.07, 6.45) is 5.48. The molecule has 1 saturated carbocycles. The van der Waals surface area contributed by atoms with Crippen LogP contribution >= 0.6 is 0 Å². The number of hydrogen-bond donors (Lipinski definition) is 1. The molecular formula is C22H36N2O5Si. The zero-order valence-corrected chi connectivity index (χ0v) is 20.0. The highest BCUT2D eigenvalue weighted by atomic mass is 28.4. The summed E-state index contributed by atoms with van der Waals surface area (Å²) >= 11 is 0. The van der Waals surface area contributed by atoms with Crippen LogP contribution in [0.5, 0.6) is 0 Å². The number of fused-ring (bicyclic) bond motifs is 3. The maximum Gasteiger partial charge on any atom is 0.330 e. The zero-order valence-electron chi connectivity index (χ0n) is 19.0. The van der Waals surface area contributed by atoms with Crippen molar-refractivity contribution in [3.05, 3.63) is 32.6 Å². The smallest absolute Gasteiger partial charge is 0.330 e. The SMILES string of the molecule is CC[C@]12O[C@@H](n3cc(C)c(=O)[nH]c3=O)[C@@H](OC13CCCC3)C2O[Si](CC)(CC)CC. The van der Waals surface area contributed by atoms with Gasteiger partial charge in [-0.3, -0.25) is 14.3 Å². The minimum absolute atomic E-state index is 0.184. The average molecular weight is 437 g/mol. The predicted octanol–water partition coefficient (Wildman–Crippen LogP) is 3.62. The van der Waals surface area contributed by atoms with E-state index in [0.29, 0.717) is 5.56 Å². The fraction of sp³-hybridized carbons (Fsp3) is 0.818. The molecule has 3 fully saturated rings. The molecule has 2 saturated heterocycles. The molecule has 1 unspecified atom stereocenters. The lowest BCUT2D eigenvalue weighted by Crippen LogP contribution is -2.58. The summed E-state index contributed by atoms with van der Waals surface area (Å²) in [5.41, 5.74) is -1.22. The molecule has 1 N–H and O–H groups in total. The van der Waals surface area contributed by atoms with Gasteiger partial charge in [-0.05, 0) is 44.3 Å². The molecule has 30 heavy (non-hydrogen) atoms. The van der Waals surface area contributed by atoms with Crippen LogP contribution in [0.3, 0.4) is 0 Å². The third kappa shape index (κ3) is 2.94. The second-order valence-electron chi connectivity index (χ2n) is 9.30. The fourth-order valence-electron chi connectivity index (χ4n) is 6.13. The van der Waals surface area contributed by atoms with Crippen molar-refractivity contribution in [1.29, 1.82) is 0 Å². The largest absolute Gasteiger partial charge is 0.408 e. The molecule has 1 aromatic heterocycles. The summed E-state index contributed by atoms with van der Waals surface area (Å²) in [6.45, 7) is 10.5. The zero-order chi connectivity index (χ0) is 21.7. The highest BCUT2D eigenvalue weighted by Crippen LogP contribution is 2.62. The van der Waals surface area contributed by atoms with Crippen LogP contribution in [0.25, 0.3) is 0 Å². The van der Waals surface area contributed by atoms with Crippen LogP contribution in [-0.2, 0) is 13.9 Å². The molecule has 0 aromatic carbocycles. The first-order valence-electron chi connectivity index (χ1n) is 11.7. The number of aromatic nitrogens is 2.